The third kappa shape index (κ3) is 3.63. The number of rotatable bonds is 6. The van der Waals surface area contributed by atoms with Crippen molar-refractivity contribution in [3.05, 3.63) is 17.5 Å². The van der Waals surface area contributed by atoms with Gasteiger partial charge in [0, 0.05) is 18.3 Å². The molecular formula is C13H25N3. The van der Waals surface area contributed by atoms with Crippen LogP contribution in [0.15, 0.2) is 6.07 Å². The summed E-state index contributed by atoms with van der Waals surface area (Å²) < 4.78 is 2.17. The number of nitrogens with one attached hydrogen (secondary N) is 1. The molecule has 16 heavy (non-hydrogen) atoms. The van der Waals surface area contributed by atoms with E-state index in [1.54, 1.807) is 0 Å². The van der Waals surface area contributed by atoms with Gasteiger partial charge in [0.2, 0.25) is 0 Å². The van der Waals surface area contributed by atoms with Crippen molar-refractivity contribution in [1.29, 1.82) is 0 Å². The summed E-state index contributed by atoms with van der Waals surface area (Å²) in [7, 11) is 0. The zero-order chi connectivity index (χ0) is 12.1. The van der Waals surface area contributed by atoms with Crippen LogP contribution in [-0.4, -0.2) is 22.4 Å². The SMILES string of the molecule is CCCC(CNC(C)C)n1nc(C)cc1C. The molecule has 0 radical (unpaired) electrons. The van der Waals surface area contributed by atoms with Crippen molar-refractivity contribution in [3.63, 3.8) is 0 Å². The highest BCUT2D eigenvalue weighted by Gasteiger charge is 2.13. The molecule has 0 bridgehead atoms. The van der Waals surface area contributed by atoms with Gasteiger partial charge in [-0.25, -0.2) is 0 Å². The molecule has 92 valence electrons. The maximum absolute atomic E-state index is 4.58. The summed E-state index contributed by atoms with van der Waals surface area (Å²) in [6, 6.07) is 3.18. The van der Waals surface area contributed by atoms with E-state index in [2.05, 4.69) is 55.8 Å². The van der Waals surface area contributed by atoms with Gasteiger partial charge in [-0.3, -0.25) is 4.68 Å². The lowest BCUT2D eigenvalue weighted by atomic mass is 10.1. The van der Waals surface area contributed by atoms with Crippen molar-refractivity contribution >= 4 is 0 Å². The van der Waals surface area contributed by atoms with Crippen LogP contribution in [-0.2, 0) is 0 Å². The molecule has 1 aromatic heterocycles. The molecule has 1 heterocycles. The molecule has 0 spiro atoms. The van der Waals surface area contributed by atoms with Crippen molar-refractivity contribution in [2.45, 2.75) is 59.5 Å². The largest absolute Gasteiger partial charge is 0.312 e. The standard InChI is InChI=1S/C13H25N3/c1-6-7-13(9-14-10(2)3)16-12(5)8-11(4)15-16/h8,10,13-14H,6-7,9H2,1-5H3. The predicted molar refractivity (Wildman–Crippen MR) is 68.8 cm³/mol. The van der Waals surface area contributed by atoms with Crippen LogP contribution < -0.4 is 5.32 Å². The fraction of sp³-hybridized carbons (Fsp3) is 0.769. The molecule has 0 aliphatic carbocycles. The molecule has 0 aliphatic rings. The van der Waals surface area contributed by atoms with E-state index >= 15 is 0 Å². The van der Waals surface area contributed by atoms with Crippen molar-refractivity contribution < 1.29 is 0 Å². The highest BCUT2D eigenvalue weighted by Crippen LogP contribution is 2.16. The summed E-state index contributed by atoms with van der Waals surface area (Å²) in [5, 5.41) is 8.09. The molecule has 0 amide bonds. The summed E-state index contributed by atoms with van der Waals surface area (Å²) in [6.07, 6.45) is 2.38. The van der Waals surface area contributed by atoms with E-state index in [0.29, 0.717) is 12.1 Å². The molecule has 0 saturated heterocycles. The number of hydrogen-bond acceptors (Lipinski definition) is 2. The van der Waals surface area contributed by atoms with Crippen LogP contribution in [0, 0.1) is 13.8 Å². The summed E-state index contributed by atoms with van der Waals surface area (Å²) in [4.78, 5) is 0. The minimum absolute atomic E-state index is 0.487. The Morgan fingerprint density at radius 2 is 2.06 bits per heavy atom. The van der Waals surface area contributed by atoms with Crippen LogP contribution in [0.3, 0.4) is 0 Å². The molecule has 0 fully saturated rings. The number of aromatic nitrogens is 2. The van der Waals surface area contributed by atoms with Gasteiger partial charge in [-0.1, -0.05) is 27.2 Å². The highest BCUT2D eigenvalue weighted by atomic mass is 15.3. The predicted octanol–water partition coefficient (Wildman–Crippen LogP) is 2.84. The van der Waals surface area contributed by atoms with E-state index in [9.17, 15) is 0 Å². The average Bonchev–Trinajstić information content (AvgIpc) is 2.52. The quantitative estimate of drug-likeness (QED) is 0.803. The fourth-order valence-electron chi connectivity index (χ4n) is 2.03. The van der Waals surface area contributed by atoms with Gasteiger partial charge in [0.25, 0.3) is 0 Å². The van der Waals surface area contributed by atoms with E-state index < -0.39 is 0 Å². The monoisotopic (exact) mass is 223 g/mol. The molecule has 0 aromatic carbocycles. The van der Waals surface area contributed by atoms with Crippen molar-refractivity contribution in [3.8, 4) is 0 Å². The minimum Gasteiger partial charge on any atom is -0.312 e. The Kier molecular flexibility index (Phi) is 5.00. The van der Waals surface area contributed by atoms with Gasteiger partial charge < -0.3 is 5.32 Å². The second kappa shape index (κ2) is 6.04. The van der Waals surface area contributed by atoms with Crippen LogP contribution >= 0.6 is 0 Å². The maximum atomic E-state index is 4.58. The topological polar surface area (TPSA) is 29.9 Å². The molecular weight excluding hydrogens is 198 g/mol. The molecule has 3 heteroatoms. The minimum atomic E-state index is 0.487. The van der Waals surface area contributed by atoms with Gasteiger partial charge in [-0.05, 0) is 26.3 Å². The molecule has 1 atom stereocenters. The van der Waals surface area contributed by atoms with Gasteiger partial charge in [-0.2, -0.15) is 5.10 Å². The first-order chi connectivity index (χ1) is 7.54. The van der Waals surface area contributed by atoms with Crippen LogP contribution in [0.4, 0.5) is 0 Å². The second-order valence-corrected chi connectivity index (χ2v) is 4.88. The lowest BCUT2D eigenvalue weighted by Crippen LogP contribution is -2.31. The summed E-state index contributed by atoms with van der Waals surface area (Å²) in [5.74, 6) is 0. The smallest absolute Gasteiger partial charge is 0.0646 e. The Balaban J connectivity index is 2.72. The first-order valence-electron chi connectivity index (χ1n) is 6.30. The van der Waals surface area contributed by atoms with E-state index in [4.69, 9.17) is 0 Å². The Bertz CT molecular complexity index is 315. The number of hydrogen-bond donors (Lipinski definition) is 1. The van der Waals surface area contributed by atoms with Crippen molar-refractivity contribution in [2.24, 2.45) is 0 Å². The number of aryl methyl sites for hydroxylation is 2. The molecule has 1 aromatic rings. The fourth-order valence-corrected chi connectivity index (χ4v) is 2.03. The second-order valence-electron chi connectivity index (χ2n) is 4.88. The zero-order valence-electron chi connectivity index (χ0n) is 11.2. The highest BCUT2D eigenvalue weighted by molar-refractivity contribution is 5.07. The Morgan fingerprint density at radius 3 is 2.50 bits per heavy atom. The van der Waals surface area contributed by atoms with E-state index in [0.717, 1.165) is 12.2 Å². The van der Waals surface area contributed by atoms with E-state index in [1.165, 1.54) is 18.5 Å². The van der Waals surface area contributed by atoms with Gasteiger partial charge in [-0.15, -0.1) is 0 Å². The van der Waals surface area contributed by atoms with Crippen LogP contribution in [0.2, 0.25) is 0 Å². The third-order valence-electron chi connectivity index (χ3n) is 2.77. The lowest BCUT2D eigenvalue weighted by molar-refractivity contribution is 0.375. The van der Waals surface area contributed by atoms with E-state index in [-0.39, 0.29) is 0 Å². The van der Waals surface area contributed by atoms with E-state index in [1.807, 2.05) is 0 Å². The normalized spacial score (nSPS) is 13.4. The van der Waals surface area contributed by atoms with Crippen LogP contribution in [0.25, 0.3) is 0 Å². The Morgan fingerprint density at radius 1 is 1.38 bits per heavy atom. The molecule has 0 saturated carbocycles. The Labute approximate surface area is 99.2 Å². The van der Waals surface area contributed by atoms with Gasteiger partial charge in [0.1, 0.15) is 0 Å². The maximum Gasteiger partial charge on any atom is 0.0646 e. The first kappa shape index (κ1) is 13.2. The van der Waals surface area contributed by atoms with Crippen molar-refractivity contribution in [2.75, 3.05) is 6.54 Å². The van der Waals surface area contributed by atoms with Crippen LogP contribution in [0.5, 0.6) is 0 Å². The van der Waals surface area contributed by atoms with Crippen molar-refractivity contribution in [1.82, 2.24) is 15.1 Å². The summed E-state index contributed by atoms with van der Waals surface area (Å²) in [5.41, 5.74) is 2.38. The van der Waals surface area contributed by atoms with Crippen LogP contribution in [0.1, 0.15) is 51.0 Å². The summed E-state index contributed by atoms with van der Waals surface area (Å²) in [6.45, 7) is 11.8. The molecule has 1 rings (SSSR count). The zero-order valence-corrected chi connectivity index (χ0v) is 11.2. The molecule has 0 aliphatic heterocycles. The average molecular weight is 223 g/mol. The molecule has 1 N–H and O–H groups in total. The molecule has 1 unspecified atom stereocenters. The van der Waals surface area contributed by atoms with Gasteiger partial charge in [0.05, 0.1) is 11.7 Å². The van der Waals surface area contributed by atoms with Gasteiger partial charge in [0.15, 0.2) is 0 Å². The molecule has 3 nitrogen and oxygen atoms in total. The summed E-state index contributed by atoms with van der Waals surface area (Å²) >= 11 is 0. The third-order valence-corrected chi connectivity index (χ3v) is 2.77. The first-order valence-corrected chi connectivity index (χ1v) is 6.30. The Hall–Kier alpha value is -0.830. The number of nitrogens with zero attached hydrogens (tertiary/aromatic N) is 2. The van der Waals surface area contributed by atoms with Gasteiger partial charge >= 0.3 is 0 Å². The lowest BCUT2D eigenvalue weighted by Gasteiger charge is -2.20.